The first-order valence-electron chi connectivity index (χ1n) is 5.91. The molecule has 0 aliphatic rings. The zero-order valence-corrected chi connectivity index (χ0v) is 10.3. The van der Waals surface area contributed by atoms with Crippen LogP contribution in [0.1, 0.15) is 21.6 Å². The van der Waals surface area contributed by atoms with Gasteiger partial charge in [0.2, 0.25) is 0 Å². The van der Waals surface area contributed by atoms with Crippen LogP contribution < -0.4 is 11.1 Å². The van der Waals surface area contributed by atoms with Crippen molar-refractivity contribution in [1.82, 2.24) is 10.3 Å². The van der Waals surface area contributed by atoms with Crippen molar-refractivity contribution in [2.24, 2.45) is 5.73 Å². The van der Waals surface area contributed by atoms with Gasteiger partial charge >= 0.3 is 0 Å². The molecule has 0 atom stereocenters. The van der Waals surface area contributed by atoms with Crippen LogP contribution in [0.4, 0.5) is 0 Å². The van der Waals surface area contributed by atoms with E-state index in [1.165, 1.54) is 0 Å². The van der Waals surface area contributed by atoms with Crippen molar-refractivity contribution in [3.8, 4) is 5.75 Å². The lowest BCUT2D eigenvalue weighted by Crippen LogP contribution is -2.23. The smallest absolute Gasteiger partial charge is 0.251 e. The third kappa shape index (κ3) is 3.29. The number of para-hydroxylation sites is 1. The molecular weight excluding hydrogens is 242 g/mol. The zero-order chi connectivity index (χ0) is 13.7. The van der Waals surface area contributed by atoms with Crippen LogP contribution in [0.2, 0.25) is 0 Å². The highest BCUT2D eigenvalue weighted by atomic mass is 16.3. The summed E-state index contributed by atoms with van der Waals surface area (Å²) in [7, 11) is 0. The highest BCUT2D eigenvalue weighted by Gasteiger charge is 2.07. The van der Waals surface area contributed by atoms with Gasteiger partial charge in [-0.3, -0.25) is 9.78 Å². The number of hydrogen-bond donors (Lipinski definition) is 3. The number of benzene rings is 1. The maximum atomic E-state index is 11.9. The van der Waals surface area contributed by atoms with Gasteiger partial charge in [0.25, 0.3) is 5.91 Å². The van der Waals surface area contributed by atoms with Crippen molar-refractivity contribution in [2.75, 3.05) is 0 Å². The van der Waals surface area contributed by atoms with Crippen LogP contribution in [0.25, 0.3) is 0 Å². The Kier molecular flexibility index (Phi) is 4.10. The summed E-state index contributed by atoms with van der Waals surface area (Å²) in [6.07, 6.45) is 1.55. The number of carbonyl (C=O) groups excluding carboxylic acids is 1. The van der Waals surface area contributed by atoms with Gasteiger partial charge in [-0.1, -0.05) is 18.2 Å². The molecule has 0 saturated heterocycles. The van der Waals surface area contributed by atoms with Crippen LogP contribution in [-0.4, -0.2) is 16.0 Å². The molecule has 5 heteroatoms. The van der Waals surface area contributed by atoms with Crippen molar-refractivity contribution >= 4 is 5.91 Å². The predicted molar refractivity (Wildman–Crippen MR) is 71.4 cm³/mol. The van der Waals surface area contributed by atoms with Crippen molar-refractivity contribution in [3.63, 3.8) is 0 Å². The average molecular weight is 257 g/mol. The van der Waals surface area contributed by atoms with E-state index in [0.29, 0.717) is 23.4 Å². The highest BCUT2D eigenvalue weighted by molar-refractivity contribution is 5.94. The van der Waals surface area contributed by atoms with Crippen molar-refractivity contribution in [3.05, 3.63) is 59.4 Å². The summed E-state index contributed by atoms with van der Waals surface area (Å²) in [5.41, 5.74) is 7.31. The molecule has 1 aromatic heterocycles. The molecular formula is C14H15N3O2. The standard InChI is InChI=1S/C14H15N3O2/c15-8-12-7-10(5-6-16-12)14(19)17-9-11-3-1-2-4-13(11)18/h1-7,18H,8-9,15H2,(H,17,19). The fourth-order valence-electron chi connectivity index (χ4n) is 1.67. The topological polar surface area (TPSA) is 88.2 Å². The van der Waals surface area contributed by atoms with Gasteiger partial charge in [0, 0.05) is 30.4 Å². The van der Waals surface area contributed by atoms with Gasteiger partial charge in [0.15, 0.2) is 0 Å². The van der Waals surface area contributed by atoms with Gasteiger partial charge in [0.1, 0.15) is 5.75 Å². The highest BCUT2D eigenvalue weighted by Crippen LogP contribution is 2.15. The first-order valence-corrected chi connectivity index (χ1v) is 5.91. The predicted octanol–water partition coefficient (Wildman–Crippen LogP) is 1.18. The van der Waals surface area contributed by atoms with E-state index in [9.17, 15) is 9.90 Å². The summed E-state index contributed by atoms with van der Waals surface area (Å²) >= 11 is 0. The molecule has 2 rings (SSSR count). The number of carbonyl (C=O) groups is 1. The van der Waals surface area contributed by atoms with Crippen LogP contribution in [0.15, 0.2) is 42.6 Å². The van der Waals surface area contributed by atoms with Gasteiger partial charge in [-0.25, -0.2) is 0 Å². The van der Waals surface area contributed by atoms with Crippen molar-refractivity contribution in [1.29, 1.82) is 0 Å². The van der Waals surface area contributed by atoms with Gasteiger partial charge in [-0.05, 0) is 18.2 Å². The molecule has 0 radical (unpaired) electrons. The number of nitrogens with two attached hydrogens (primary N) is 1. The monoisotopic (exact) mass is 257 g/mol. The van der Waals surface area contributed by atoms with E-state index in [-0.39, 0.29) is 18.2 Å². The largest absolute Gasteiger partial charge is 0.508 e. The Morgan fingerprint density at radius 3 is 2.84 bits per heavy atom. The summed E-state index contributed by atoms with van der Waals surface area (Å²) in [6, 6.07) is 10.2. The van der Waals surface area contributed by atoms with E-state index in [0.717, 1.165) is 0 Å². The Hall–Kier alpha value is -2.40. The summed E-state index contributed by atoms with van der Waals surface area (Å²) in [4.78, 5) is 16.0. The van der Waals surface area contributed by atoms with Crippen molar-refractivity contribution in [2.45, 2.75) is 13.1 Å². The zero-order valence-electron chi connectivity index (χ0n) is 10.3. The number of amides is 1. The van der Waals surface area contributed by atoms with E-state index in [2.05, 4.69) is 10.3 Å². The molecule has 0 unspecified atom stereocenters. The SMILES string of the molecule is NCc1cc(C(=O)NCc2ccccc2O)ccn1. The van der Waals surface area contributed by atoms with E-state index < -0.39 is 0 Å². The molecule has 0 bridgehead atoms. The minimum atomic E-state index is -0.222. The quantitative estimate of drug-likeness (QED) is 0.767. The fourth-order valence-corrected chi connectivity index (χ4v) is 1.67. The Labute approximate surface area is 111 Å². The molecule has 0 aliphatic heterocycles. The first-order chi connectivity index (χ1) is 9.20. The van der Waals surface area contributed by atoms with Crippen LogP contribution >= 0.6 is 0 Å². The molecule has 0 spiro atoms. The number of phenols is 1. The van der Waals surface area contributed by atoms with Crippen LogP contribution in [0.3, 0.4) is 0 Å². The second kappa shape index (κ2) is 5.97. The molecule has 98 valence electrons. The Morgan fingerprint density at radius 2 is 2.11 bits per heavy atom. The summed E-state index contributed by atoms with van der Waals surface area (Å²) in [6.45, 7) is 0.562. The van der Waals surface area contributed by atoms with Gasteiger partial charge in [0.05, 0.1) is 5.69 Å². The summed E-state index contributed by atoms with van der Waals surface area (Å²) in [5.74, 6) is -0.0551. The van der Waals surface area contributed by atoms with E-state index >= 15 is 0 Å². The molecule has 2 aromatic rings. The lowest BCUT2D eigenvalue weighted by Gasteiger charge is -2.07. The second-order valence-electron chi connectivity index (χ2n) is 4.05. The number of aromatic nitrogens is 1. The minimum absolute atomic E-state index is 0.167. The van der Waals surface area contributed by atoms with E-state index in [4.69, 9.17) is 5.73 Å². The molecule has 0 saturated carbocycles. The fraction of sp³-hybridized carbons (Fsp3) is 0.143. The minimum Gasteiger partial charge on any atom is -0.508 e. The number of hydrogen-bond acceptors (Lipinski definition) is 4. The maximum absolute atomic E-state index is 11.9. The number of nitrogens with one attached hydrogen (secondary N) is 1. The summed E-state index contributed by atoms with van der Waals surface area (Å²) in [5, 5.41) is 12.3. The average Bonchev–Trinajstić information content (AvgIpc) is 2.46. The Balaban J connectivity index is 2.03. The molecule has 5 nitrogen and oxygen atoms in total. The molecule has 1 aromatic carbocycles. The number of aromatic hydroxyl groups is 1. The van der Waals surface area contributed by atoms with Crippen LogP contribution in [-0.2, 0) is 13.1 Å². The molecule has 0 fully saturated rings. The lowest BCUT2D eigenvalue weighted by atomic mass is 10.2. The van der Waals surface area contributed by atoms with Gasteiger partial charge in [-0.2, -0.15) is 0 Å². The third-order valence-corrected chi connectivity index (χ3v) is 2.72. The first kappa shape index (κ1) is 13.0. The number of pyridine rings is 1. The molecule has 1 heterocycles. The number of phenolic OH excluding ortho intramolecular Hbond substituents is 1. The third-order valence-electron chi connectivity index (χ3n) is 2.72. The maximum Gasteiger partial charge on any atom is 0.251 e. The molecule has 19 heavy (non-hydrogen) atoms. The summed E-state index contributed by atoms with van der Waals surface area (Å²) < 4.78 is 0. The lowest BCUT2D eigenvalue weighted by molar-refractivity contribution is 0.0950. The van der Waals surface area contributed by atoms with Gasteiger partial charge in [-0.15, -0.1) is 0 Å². The van der Waals surface area contributed by atoms with Crippen LogP contribution in [0.5, 0.6) is 5.75 Å². The number of nitrogens with zero attached hydrogens (tertiary/aromatic N) is 1. The molecule has 4 N–H and O–H groups in total. The van der Waals surface area contributed by atoms with Crippen LogP contribution in [0, 0.1) is 0 Å². The normalized spacial score (nSPS) is 10.2. The molecule has 0 aliphatic carbocycles. The Morgan fingerprint density at radius 1 is 1.32 bits per heavy atom. The van der Waals surface area contributed by atoms with Gasteiger partial charge < -0.3 is 16.2 Å². The molecule has 1 amide bonds. The van der Waals surface area contributed by atoms with Crippen molar-refractivity contribution < 1.29 is 9.90 Å². The van der Waals surface area contributed by atoms with E-state index in [1.807, 2.05) is 0 Å². The Bertz CT molecular complexity index is 584. The number of rotatable bonds is 4. The van der Waals surface area contributed by atoms with E-state index in [1.54, 1.807) is 42.6 Å². The second-order valence-corrected chi connectivity index (χ2v) is 4.05.